The molecule has 6 nitrogen and oxygen atoms in total. The third kappa shape index (κ3) is 4.18. The summed E-state index contributed by atoms with van der Waals surface area (Å²) in [5.74, 6) is -1.35. The molecule has 0 heterocycles. The Labute approximate surface area is 107 Å². The van der Waals surface area contributed by atoms with E-state index < -0.39 is 18.0 Å². The van der Waals surface area contributed by atoms with Crippen molar-refractivity contribution in [3.63, 3.8) is 0 Å². The molecular formula is C12H22N2O4. The first-order chi connectivity index (χ1) is 8.41. The molecule has 104 valence electrons. The number of rotatable bonds is 4. The summed E-state index contributed by atoms with van der Waals surface area (Å²) >= 11 is 0. The topological polar surface area (TPSA) is 89.9 Å². The van der Waals surface area contributed by atoms with Gasteiger partial charge < -0.3 is 20.4 Å². The van der Waals surface area contributed by atoms with Crippen molar-refractivity contribution in [1.82, 2.24) is 10.2 Å². The molecule has 1 rings (SSSR count). The zero-order valence-corrected chi connectivity index (χ0v) is 10.9. The van der Waals surface area contributed by atoms with Gasteiger partial charge in [0, 0.05) is 19.6 Å². The van der Waals surface area contributed by atoms with Crippen LogP contribution in [0.1, 0.15) is 32.6 Å². The molecule has 0 aromatic carbocycles. The van der Waals surface area contributed by atoms with E-state index in [2.05, 4.69) is 5.32 Å². The number of carboxylic acids is 1. The summed E-state index contributed by atoms with van der Waals surface area (Å²) < 4.78 is 0. The molecule has 3 unspecified atom stereocenters. The molecule has 6 heteroatoms. The van der Waals surface area contributed by atoms with Crippen LogP contribution in [-0.2, 0) is 4.79 Å². The number of aliphatic hydroxyl groups is 1. The number of aliphatic hydroxyl groups excluding tert-OH is 1. The third-order valence-corrected chi connectivity index (χ3v) is 3.28. The Morgan fingerprint density at radius 3 is 2.56 bits per heavy atom. The minimum atomic E-state index is -0.849. The highest BCUT2D eigenvalue weighted by molar-refractivity contribution is 5.76. The third-order valence-electron chi connectivity index (χ3n) is 3.28. The van der Waals surface area contributed by atoms with Crippen LogP contribution < -0.4 is 5.32 Å². The van der Waals surface area contributed by atoms with Crippen LogP contribution in [-0.4, -0.2) is 52.9 Å². The van der Waals surface area contributed by atoms with Crippen molar-refractivity contribution in [2.24, 2.45) is 5.92 Å². The van der Waals surface area contributed by atoms with E-state index in [1.54, 1.807) is 14.0 Å². The van der Waals surface area contributed by atoms with Gasteiger partial charge in [0.2, 0.25) is 0 Å². The fourth-order valence-corrected chi connectivity index (χ4v) is 2.35. The molecule has 2 amide bonds. The lowest BCUT2D eigenvalue weighted by molar-refractivity contribution is -0.143. The number of likely N-dealkylation sites (N-methyl/N-ethyl adjacent to an activating group) is 1. The molecule has 0 bridgehead atoms. The van der Waals surface area contributed by atoms with Crippen LogP contribution >= 0.6 is 0 Å². The molecule has 1 aliphatic rings. The van der Waals surface area contributed by atoms with Crippen LogP contribution in [0.4, 0.5) is 4.79 Å². The summed E-state index contributed by atoms with van der Waals surface area (Å²) in [6.45, 7) is 1.83. The summed E-state index contributed by atoms with van der Waals surface area (Å²) in [5, 5.41) is 21.1. The van der Waals surface area contributed by atoms with E-state index in [4.69, 9.17) is 5.11 Å². The van der Waals surface area contributed by atoms with Crippen molar-refractivity contribution in [3.8, 4) is 0 Å². The van der Waals surface area contributed by atoms with Gasteiger partial charge in [-0.05, 0) is 19.8 Å². The van der Waals surface area contributed by atoms with Crippen LogP contribution in [0.15, 0.2) is 0 Å². The normalized spacial score (nSPS) is 25.3. The highest BCUT2D eigenvalue weighted by Crippen LogP contribution is 2.24. The van der Waals surface area contributed by atoms with Gasteiger partial charge in [-0.2, -0.15) is 0 Å². The number of aliphatic carboxylic acids is 1. The lowest BCUT2D eigenvalue weighted by Crippen LogP contribution is -2.50. The van der Waals surface area contributed by atoms with Crippen molar-refractivity contribution >= 4 is 12.0 Å². The van der Waals surface area contributed by atoms with Crippen molar-refractivity contribution in [3.05, 3.63) is 0 Å². The standard InChI is InChI=1S/C12H22N2O4/c1-8(15)7-14(2)12(18)13-10-6-4-3-5-9(10)11(16)17/h8-10,15H,3-7H2,1-2H3,(H,13,18)(H,16,17). The SMILES string of the molecule is CC(O)CN(C)C(=O)NC1CCCCC1C(=O)O. The molecule has 1 saturated carbocycles. The van der Waals surface area contributed by atoms with Gasteiger partial charge in [-0.3, -0.25) is 4.79 Å². The van der Waals surface area contributed by atoms with Crippen molar-refractivity contribution in [2.45, 2.75) is 44.8 Å². The minimum Gasteiger partial charge on any atom is -0.481 e. The summed E-state index contributed by atoms with van der Waals surface area (Å²) in [6.07, 6.45) is 2.55. The first-order valence-electron chi connectivity index (χ1n) is 6.34. The molecule has 1 aliphatic carbocycles. The molecule has 0 radical (unpaired) electrons. The maximum absolute atomic E-state index is 11.8. The second kappa shape index (κ2) is 6.58. The predicted octanol–water partition coefficient (Wildman–Crippen LogP) is 0.652. The second-order valence-corrected chi connectivity index (χ2v) is 5.01. The Hall–Kier alpha value is -1.30. The zero-order valence-electron chi connectivity index (χ0n) is 10.9. The molecule has 0 aromatic heterocycles. The zero-order chi connectivity index (χ0) is 13.7. The predicted molar refractivity (Wildman–Crippen MR) is 66.2 cm³/mol. The minimum absolute atomic E-state index is 0.232. The highest BCUT2D eigenvalue weighted by Gasteiger charge is 2.32. The van der Waals surface area contributed by atoms with Crippen molar-refractivity contribution < 1.29 is 19.8 Å². The van der Waals surface area contributed by atoms with Gasteiger partial charge in [0.05, 0.1) is 12.0 Å². The van der Waals surface area contributed by atoms with Gasteiger partial charge in [-0.15, -0.1) is 0 Å². The summed E-state index contributed by atoms with van der Waals surface area (Å²) in [4.78, 5) is 24.3. The second-order valence-electron chi connectivity index (χ2n) is 5.01. The Balaban J connectivity index is 2.53. The monoisotopic (exact) mass is 258 g/mol. The Morgan fingerprint density at radius 2 is 2.00 bits per heavy atom. The van der Waals surface area contributed by atoms with E-state index in [9.17, 15) is 14.7 Å². The maximum atomic E-state index is 11.8. The number of amides is 2. The first-order valence-corrected chi connectivity index (χ1v) is 6.34. The molecule has 0 spiro atoms. The summed E-state index contributed by atoms with van der Waals surface area (Å²) in [6, 6.07) is -0.630. The number of nitrogens with one attached hydrogen (secondary N) is 1. The van der Waals surface area contributed by atoms with Crippen LogP contribution in [0.5, 0.6) is 0 Å². The summed E-state index contributed by atoms with van der Waals surface area (Å²) in [5.41, 5.74) is 0. The number of carboxylic acid groups (broad SMARTS) is 1. The van der Waals surface area contributed by atoms with Gasteiger partial charge >= 0.3 is 12.0 Å². The Bertz CT molecular complexity index is 306. The first kappa shape index (κ1) is 14.8. The van der Waals surface area contributed by atoms with Crippen molar-refractivity contribution in [1.29, 1.82) is 0 Å². The van der Waals surface area contributed by atoms with Gasteiger partial charge in [-0.1, -0.05) is 12.8 Å². The molecule has 3 N–H and O–H groups in total. The number of hydrogen-bond donors (Lipinski definition) is 3. The molecule has 0 aliphatic heterocycles. The fourth-order valence-electron chi connectivity index (χ4n) is 2.35. The molecule has 1 fully saturated rings. The van der Waals surface area contributed by atoms with E-state index in [1.165, 1.54) is 4.90 Å². The van der Waals surface area contributed by atoms with E-state index in [1.807, 2.05) is 0 Å². The lowest BCUT2D eigenvalue weighted by Gasteiger charge is -2.31. The van der Waals surface area contributed by atoms with E-state index in [0.717, 1.165) is 12.8 Å². The molecule has 3 atom stereocenters. The Morgan fingerprint density at radius 1 is 1.39 bits per heavy atom. The lowest BCUT2D eigenvalue weighted by atomic mass is 9.84. The maximum Gasteiger partial charge on any atom is 0.317 e. The number of carbonyl (C=O) groups excluding carboxylic acids is 1. The van der Waals surface area contributed by atoms with Gasteiger partial charge in [0.1, 0.15) is 0 Å². The molecule has 0 saturated heterocycles. The van der Waals surface area contributed by atoms with Crippen LogP contribution in [0.3, 0.4) is 0 Å². The molecular weight excluding hydrogens is 236 g/mol. The van der Waals surface area contributed by atoms with Gasteiger partial charge in [0.15, 0.2) is 0 Å². The molecule has 18 heavy (non-hydrogen) atoms. The largest absolute Gasteiger partial charge is 0.481 e. The van der Waals surface area contributed by atoms with Crippen molar-refractivity contribution in [2.75, 3.05) is 13.6 Å². The van der Waals surface area contributed by atoms with E-state index in [0.29, 0.717) is 12.8 Å². The number of nitrogens with zero attached hydrogens (tertiary/aromatic N) is 1. The summed E-state index contributed by atoms with van der Waals surface area (Å²) in [7, 11) is 1.58. The quantitative estimate of drug-likeness (QED) is 0.690. The van der Waals surface area contributed by atoms with Crippen LogP contribution in [0.25, 0.3) is 0 Å². The van der Waals surface area contributed by atoms with Crippen LogP contribution in [0.2, 0.25) is 0 Å². The average molecular weight is 258 g/mol. The number of hydrogen-bond acceptors (Lipinski definition) is 3. The fraction of sp³-hybridized carbons (Fsp3) is 0.833. The van der Waals surface area contributed by atoms with Gasteiger partial charge in [0.25, 0.3) is 0 Å². The highest BCUT2D eigenvalue weighted by atomic mass is 16.4. The smallest absolute Gasteiger partial charge is 0.317 e. The van der Waals surface area contributed by atoms with Gasteiger partial charge in [-0.25, -0.2) is 4.79 Å². The van der Waals surface area contributed by atoms with E-state index >= 15 is 0 Å². The van der Waals surface area contributed by atoms with E-state index in [-0.39, 0.29) is 18.6 Å². The Kier molecular flexibility index (Phi) is 5.40. The van der Waals surface area contributed by atoms with Crippen LogP contribution in [0, 0.1) is 5.92 Å². The average Bonchev–Trinajstić information content (AvgIpc) is 2.28. The number of urea groups is 1. The number of carbonyl (C=O) groups is 2. The molecule has 0 aromatic rings.